The standard InChI is InChI=1S/C13H20N2O3/c1-9-5-3-4-6-12(9)15(2)8-10-7-11(13(16)17)14-18-10/h7,9,12H,3-6,8H2,1-2H3,(H,16,17). The lowest BCUT2D eigenvalue weighted by atomic mass is 9.85. The first-order valence-corrected chi connectivity index (χ1v) is 6.47. The van der Waals surface area contributed by atoms with Gasteiger partial charge in [-0.1, -0.05) is 24.9 Å². The van der Waals surface area contributed by atoms with E-state index >= 15 is 0 Å². The molecule has 2 atom stereocenters. The number of rotatable bonds is 4. The summed E-state index contributed by atoms with van der Waals surface area (Å²) in [6, 6.07) is 2.06. The fourth-order valence-electron chi connectivity index (χ4n) is 2.80. The summed E-state index contributed by atoms with van der Waals surface area (Å²) in [6.07, 6.45) is 5.07. The lowest BCUT2D eigenvalue weighted by Gasteiger charge is -2.35. The maximum atomic E-state index is 10.7. The predicted molar refractivity (Wildman–Crippen MR) is 66.3 cm³/mol. The molecule has 0 radical (unpaired) electrons. The van der Waals surface area contributed by atoms with Crippen LogP contribution in [0.15, 0.2) is 10.6 Å². The summed E-state index contributed by atoms with van der Waals surface area (Å²) in [7, 11) is 2.06. The second-order valence-electron chi connectivity index (χ2n) is 5.23. The van der Waals surface area contributed by atoms with Crippen LogP contribution in [-0.2, 0) is 6.54 Å². The van der Waals surface area contributed by atoms with Crippen LogP contribution in [-0.4, -0.2) is 34.2 Å². The van der Waals surface area contributed by atoms with Gasteiger partial charge in [-0.2, -0.15) is 0 Å². The van der Waals surface area contributed by atoms with Gasteiger partial charge in [0.05, 0.1) is 6.54 Å². The Morgan fingerprint density at radius 1 is 1.56 bits per heavy atom. The first-order chi connectivity index (χ1) is 8.58. The smallest absolute Gasteiger partial charge is 0.358 e. The molecule has 1 heterocycles. The van der Waals surface area contributed by atoms with E-state index in [1.54, 1.807) is 0 Å². The van der Waals surface area contributed by atoms with Gasteiger partial charge in [0.1, 0.15) is 0 Å². The molecule has 0 aliphatic heterocycles. The predicted octanol–water partition coefficient (Wildman–Crippen LogP) is 2.38. The van der Waals surface area contributed by atoms with Crippen molar-refractivity contribution in [3.8, 4) is 0 Å². The zero-order chi connectivity index (χ0) is 13.1. The van der Waals surface area contributed by atoms with E-state index in [0.717, 1.165) is 0 Å². The van der Waals surface area contributed by atoms with E-state index in [2.05, 4.69) is 24.0 Å². The van der Waals surface area contributed by atoms with Gasteiger partial charge in [-0.25, -0.2) is 4.79 Å². The molecule has 0 spiro atoms. The van der Waals surface area contributed by atoms with E-state index in [0.29, 0.717) is 24.3 Å². The summed E-state index contributed by atoms with van der Waals surface area (Å²) in [4.78, 5) is 13.0. The van der Waals surface area contributed by atoms with Crippen molar-refractivity contribution in [2.75, 3.05) is 7.05 Å². The number of carboxylic acid groups (broad SMARTS) is 1. The van der Waals surface area contributed by atoms with Crippen molar-refractivity contribution in [2.45, 2.75) is 45.2 Å². The summed E-state index contributed by atoms with van der Waals surface area (Å²) in [6.45, 7) is 2.90. The molecule has 0 amide bonds. The van der Waals surface area contributed by atoms with Crippen molar-refractivity contribution >= 4 is 5.97 Å². The molecule has 1 aliphatic rings. The molecule has 18 heavy (non-hydrogen) atoms. The molecule has 1 aromatic heterocycles. The molecule has 1 aliphatic carbocycles. The molecule has 1 fully saturated rings. The van der Waals surface area contributed by atoms with Crippen molar-refractivity contribution in [2.24, 2.45) is 5.92 Å². The number of hydrogen-bond acceptors (Lipinski definition) is 4. The average Bonchev–Trinajstić information content (AvgIpc) is 2.78. The minimum Gasteiger partial charge on any atom is -0.476 e. The van der Waals surface area contributed by atoms with Crippen molar-refractivity contribution in [1.29, 1.82) is 0 Å². The zero-order valence-electron chi connectivity index (χ0n) is 10.9. The van der Waals surface area contributed by atoms with Gasteiger partial charge in [0, 0.05) is 12.1 Å². The Morgan fingerprint density at radius 2 is 2.28 bits per heavy atom. The summed E-state index contributed by atoms with van der Waals surface area (Å²) < 4.78 is 5.05. The number of aromatic carboxylic acids is 1. The highest BCUT2D eigenvalue weighted by atomic mass is 16.5. The van der Waals surface area contributed by atoms with Crippen LogP contribution < -0.4 is 0 Å². The number of carboxylic acids is 1. The lowest BCUT2D eigenvalue weighted by Crippen LogP contribution is -2.38. The van der Waals surface area contributed by atoms with E-state index in [-0.39, 0.29) is 5.69 Å². The summed E-state index contributed by atoms with van der Waals surface area (Å²) in [5.74, 6) is 0.261. The van der Waals surface area contributed by atoms with Gasteiger partial charge in [0.2, 0.25) is 0 Å². The molecule has 1 N–H and O–H groups in total. The van der Waals surface area contributed by atoms with Crippen LogP contribution in [0, 0.1) is 5.92 Å². The van der Waals surface area contributed by atoms with Crippen molar-refractivity contribution in [1.82, 2.24) is 10.1 Å². The second-order valence-corrected chi connectivity index (χ2v) is 5.23. The Balaban J connectivity index is 1.97. The van der Waals surface area contributed by atoms with Gasteiger partial charge in [0.15, 0.2) is 11.5 Å². The Hall–Kier alpha value is -1.36. The molecule has 100 valence electrons. The van der Waals surface area contributed by atoms with E-state index < -0.39 is 5.97 Å². The maximum absolute atomic E-state index is 10.7. The lowest BCUT2D eigenvalue weighted by molar-refractivity contribution is 0.0685. The maximum Gasteiger partial charge on any atom is 0.358 e. The monoisotopic (exact) mass is 252 g/mol. The molecule has 0 bridgehead atoms. The normalized spacial score (nSPS) is 24.4. The number of carbonyl (C=O) groups is 1. The van der Waals surface area contributed by atoms with Gasteiger partial charge in [0.25, 0.3) is 0 Å². The molecular formula is C13H20N2O3. The van der Waals surface area contributed by atoms with Gasteiger partial charge < -0.3 is 9.63 Å². The van der Waals surface area contributed by atoms with Crippen molar-refractivity contribution in [3.63, 3.8) is 0 Å². The molecule has 1 aromatic rings. The third-order valence-electron chi connectivity index (χ3n) is 3.82. The van der Waals surface area contributed by atoms with Crippen molar-refractivity contribution < 1.29 is 14.4 Å². The number of nitrogens with zero attached hydrogens (tertiary/aromatic N) is 2. The van der Waals surface area contributed by atoms with Crippen molar-refractivity contribution in [3.05, 3.63) is 17.5 Å². The van der Waals surface area contributed by atoms with Gasteiger partial charge in [-0.05, 0) is 25.8 Å². The molecule has 2 unspecified atom stereocenters. The summed E-state index contributed by atoms with van der Waals surface area (Å²) in [5, 5.41) is 12.3. The highest BCUT2D eigenvalue weighted by Gasteiger charge is 2.25. The summed E-state index contributed by atoms with van der Waals surface area (Å²) >= 11 is 0. The van der Waals surface area contributed by atoms with Gasteiger partial charge >= 0.3 is 5.97 Å². The third-order valence-corrected chi connectivity index (χ3v) is 3.82. The number of aromatic nitrogens is 1. The molecule has 5 nitrogen and oxygen atoms in total. The molecule has 1 saturated carbocycles. The van der Waals surface area contributed by atoms with Crippen LogP contribution in [0.3, 0.4) is 0 Å². The fraction of sp³-hybridized carbons (Fsp3) is 0.692. The highest BCUT2D eigenvalue weighted by Crippen LogP contribution is 2.28. The molecule has 2 rings (SSSR count). The van der Waals surface area contributed by atoms with Crippen LogP contribution >= 0.6 is 0 Å². The van der Waals surface area contributed by atoms with Crippen LogP contribution in [0.2, 0.25) is 0 Å². The molecular weight excluding hydrogens is 232 g/mol. The number of hydrogen-bond donors (Lipinski definition) is 1. The van der Waals surface area contributed by atoms with Crippen LogP contribution in [0.25, 0.3) is 0 Å². The Labute approximate surface area is 107 Å². The van der Waals surface area contributed by atoms with Crippen LogP contribution in [0.5, 0.6) is 0 Å². The largest absolute Gasteiger partial charge is 0.476 e. The molecule has 0 saturated heterocycles. The van der Waals surface area contributed by atoms with E-state index in [4.69, 9.17) is 9.63 Å². The van der Waals surface area contributed by atoms with Gasteiger partial charge in [-0.15, -0.1) is 0 Å². The second kappa shape index (κ2) is 5.52. The minimum absolute atomic E-state index is 0.0184. The summed E-state index contributed by atoms with van der Waals surface area (Å²) in [5.41, 5.74) is -0.0184. The van der Waals surface area contributed by atoms with E-state index in [1.165, 1.54) is 31.7 Å². The third kappa shape index (κ3) is 2.90. The Bertz CT molecular complexity index is 416. The average molecular weight is 252 g/mol. The van der Waals surface area contributed by atoms with E-state index in [9.17, 15) is 4.79 Å². The Morgan fingerprint density at radius 3 is 2.89 bits per heavy atom. The van der Waals surface area contributed by atoms with E-state index in [1.807, 2.05) is 0 Å². The van der Waals surface area contributed by atoms with Crippen LogP contribution in [0.4, 0.5) is 0 Å². The Kier molecular flexibility index (Phi) is 4.01. The van der Waals surface area contributed by atoms with Gasteiger partial charge in [-0.3, -0.25) is 4.90 Å². The zero-order valence-corrected chi connectivity index (χ0v) is 10.9. The minimum atomic E-state index is -1.04. The SMILES string of the molecule is CC1CCCCC1N(C)Cc1cc(C(=O)O)no1. The first kappa shape index (κ1) is 13.1. The van der Waals surface area contributed by atoms with Crippen LogP contribution in [0.1, 0.15) is 48.9 Å². The topological polar surface area (TPSA) is 66.6 Å². The first-order valence-electron chi connectivity index (χ1n) is 6.47. The molecule has 5 heteroatoms. The quantitative estimate of drug-likeness (QED) is 0.891. The fourth-order valence-corrected chi connectivity index (χ4v) is 2.80. The highest BCUT2D eigenvalue weighted by molar-refractivity contribution is 5.85. The molecule has 0 aromatic carbocycles.